The summed E-state index contributed by atoms with van der Waals surface area (Å²) in [5, 5.41) is 1.06. The van der Waals surface area contributed by atoms with E-state index < -0.39 is 0 Å². The summed E-state index contributed by atoms with van der Waals surface area (Å²) in [5.74, 6) is 0.939. The van der Waals surface area contributed by atoms with Crippen LogP contribution >= 0.6 is 0 Å². The highest BCUT2D eigenvalue weighted by atomic mass is 16.3. The fraction of sp³-hybridized carbons (Fsp3) is 0.400. The van der Waals surface area contributed by atoms with Crippen LogP contribution in [0.3, 0.4) is 0 Å². The number of fused-ring (bicyclic) bond motifs is 1. The molecule has 2 heteroatoms. The normalized spacial score (nSPS) is 12.9. The molecule has 0 N–H and O–H groups in total. The zero-order chi connectivity index (χ0) is 12.6. The number of aryl methyl sites for hydroxylation is 1. The Morgan fingerprint density at radius 1 is 1.41 bits per heavy atom. The summed E-state index contributed by atoms with van der Waals surface area (Å²) in [6.45, 7) is 7.84. The molecule has 1 aromatic heterocycles. The lowest BCUT2D eigenvalue weighted by Gasteiger charge is -2.08. The van der Waals surface area contributed by atoms with Crippen LogP contribution in [0, 0.1) is 6.92 Å². The summed E-state index contributed by atoms with van der Waals surface area (Å²) in [5.41, 5.74) is 3.03. The van der Waals surface area contributed by atoms with Gasteiger partial charge in [0.05, 0.1) is 0 Å². The second-order valence-electron chi connectivity index (χ2n) is 4.65. The van der Waals surface area contributed by atoms with Crippen LogP contribution in [0.2, 0.25) is 0 Å². The first-order valence-corrected chi connectivity index (χ1v) is 6.09. The number of furan rings is 1. The first kappa shape index (κ1) is 11.9. The number of hydrogen-bond donors (Lipinski definition) is 0. The molecule has 0 aliphatic rings. The molecule has 0 bridgehead atoms. The molecule has 90 valence electrons. The highest BCUT2D eigenvalue weighted by Gasteiger charge is 2.17. The SMILES string of the molecule is CCC(C)c1cccc2c(C)c(C(C)=O)oc12. The Kier molecular flexibility index (Phi) is 3.05. The van der Waals surface area contributed by atoms with E-state index in [0.29, 0.717) is 11.7 Å². The van der Waals surface area contributed by atoms with Crippen molar-refractivity contribution in [3.63, 3.8) is 0 Å². The van der Waals surface area contributed by atoms with Gasteiger partial charge in [-0.15, -0.1) is 0 Å². The number of benzene rings is 1. The Morgan fingerprint density at radius 2 is 2.12 bits per heavy atom. The number of rotatable bonds is 3. The Hall–Kier alpha value is -1.57. The molecule has 0 fully saturated rings. The van der Waals surface area contributed by atoms with Gasteiger partial charge in [0.1, 0.15) is 5.58 Å². The Balaban J connectivity index is 2.73. The van der Waals surface area contributed by atoms with Crippen molar-refractivity contribution in [2.75, 3.05) is 0 Å². The van der Waals surface area contributed by atoms with Crippen molar-refractivity contribution in [2.45, 2.75) is 40.0 Å². The van der Waals surface area contributed by atoms with Crippen LogP contribution in [0.25, 0.3) is 11.0 Å². The predicted molar refractivity (Wildman–Crippen MR) is 69.7 cm³/mol. The third-order valence-corrected chi connectivity index (χ3v) is 3.46. The average molecular weight is 230 g/mol. The molecule has 1 aromatic carbocycles. The number of carbonyl (C=O) groups excluding carboxylic acids is 1. The maximum absolute atomic E-state index is 11.5. The second-order valence-corrected chi connectivity index (χ2v) is 4.65. The fourth-order valence-electron chi connectivity index (χ4n) is 2.21. The number of hydrogen-bond acceptors (Lipinski definition) is 2. The molecule has 1 atom stereocenters. The lowest BCUT2D eigenvalue weighted by atomic mass is 9.96. The van der Waals surface area contributed by atoms with Crippen molar-refractivity contribution in [1.82, 2.24) is 0 Å². The van der Waals surface area contributed by atoms with Gasteiger partial charge in [-0.05, 0) is 24.8 Å². The molecule has 0 aliphatic heterocycles. The van der Waals surface area contributed by atoms with Crippen LogP contribution in [0.15, 0.2) is 22.6 Å². The summed E-state index contributed by atoms with van der Waals surface area (Å²) in [4.78, 5) is 11.5. The number of ketones is 1. The molecule has 0 aliphatic carbocycles. The number of para-hydroxylation sites is 1. The molecule has 1 unspecified atom stereocenters. The molecule has 2 nitrogen and oxygen atoms in total. The molecule has 0 radical (unpaired) electrons. The molecule has 0 saturated carbocycles. The van der Waals surface area contributed by atoms with E-state index in [-0.39, 0.29) is 5.78 Å². The van der Waals surface area contributed by atoms with Crippen LogP contribution in [0.5, 0.6) is 0 Å². The number of Topliss-reactive ketones (excluding diaryl/α,β-unsaturated/α-hetero) is 1. The van der Waals surface area contributed by atoms with Crippen molar-refractivity contribution in [3.05, 3.63) is 35.1 Å². The standard InChI is InChI=1S/C15H18O2/c1-5-9(2)12-7-6-8-13-10(3)14(11(4)16)17-15(12)13/h6-9H,5H2,1-4H3. The molecule has 2 aromatic rings. The largest absolute Gasteiger partial charge is 0.452 e. The van der Waals surface area contributed by atoms with E-state index >= 15 is 0 Å². The lowest BCUT2D eigenvalue weighted by Crippen LogP contribution is -1.91. The Labute approximate surface area is 102 Å². The van der Waals surface area contributed by atoms with Crippen LogP contribution in [-0.4, -0.2) is 5.78 Å². The molecule has 0 amide bonds. The minimum atomic E-state index is -0.00574. The molecular weight excluding hydrogens is 212 g/mol. The topological polar surface area (TPSA) is 30.2 Å². The van der Waals surface area contributed by atoms with E-state index in [1.165, 1.54) is 5.56 Å². The highest BCUT2D eigenvalue weighted by Crippen LogP contribution is 2.32. The van der Waals surface area contributed by atoms with Gasteiger partial charge in [-0.3, -0.25) is 4.79 Å². The van der Waals surface area contributed by atoms with Gasteiger partial charge in [0.25, 0.3) is 0 Å². The van der Waals surface area contributed by atoms with Crippen molar-refractivity contribution < 1.29 is 9.21 Å². The maximum Gasteiger partial charge on any atom is 0.195 e. The molecule has 2 rings (SSSR count). The molecular formula is C15H18O2. The fourth-order valence-corrected chi connectivity index (χ4v) is 2.21. The summed E-state index contributed by atoms with van der Waals surface area (Å²) < 4.78 is 5.76. The molecule has 0 saturated heterocycles. The van der Waals surface area contributed by atoms with Crippen LogP contribution in [0.4, 0.5) is 0 Å². The first-order valence-electron chi connectivity index (χ1n) is 6.09. The van der Waals surface area contributed by atoms with Gasteiger partial charge in [0.2, 0.25) is 0 Å². The second kappa shape index (κ2) is 4.36. The lowest BCUT2D eigenvalue weighted by molar-refractivity contribution is 0.0988. The van der Waals surface area contributed by atoms with Crippen molar-refractivity contribution in [1.29, 1.82) is 0 Å². The van der Waals surface area contributed by atoms with E-state index in [4.69, 9.17) is 4.42 Å². The molecule has 17 heavy (non-hydrogen) atoms. The van der Waals surface area contributed by atoms with Gasteiger partial charge in [0.15, 0.2) is 11.5 Å². The summed E-state index contributed by atoms with van der Waals surface area (Å²) in [7, 11) is 0. The Bertz CT molecular complexity index is 564. The minimum Gasteiger partial charge on any atom is -0.452 e. The van der Waals surface area contributed by atoms with E-state index in [1.54, 1.807) is 6.92 Å². The Morgan fingerprint density at radius 3 is 2.71 bits per heavy atom. The van der Waals surface area contributed by atoms with Gasteiger partial charge < -0.3 is 4.42 Å². The monoisotopic (exact) mass is 230 g/mol. The summed E-state index contributed by atoms with van der Waals surface area (Å²) in [6, 6.07) is 6.14. The quantitative estimate of drug-likeness (QED) is 0.729. The molecule has 1 heterocycles. The summed E-state index contributed by atoms with van der Waals surface area (Å²) >= 11 is 0. The third-order valence-electron chi connectivity index (χ3n) is 3.46. The van der Waals surface area contributed by atoms with Crippen LogP contribution < -0.4 is 0 Å². The number of carbonyl (C=O) groups is 1. The highest BCUT2D eigenvalue weighted by molar-refractivity contribution is 5.99. The van der Waals surface area contributed by atoms with E-state index in [0.717, 1.165) is 23.0 Å². The van der Waals surface area contributed by atoms with Crippen molar-refractivity contribution in [3.8, 4) is 0 Å². The van der Waals surface area contributed by atoms with Crippen molar-refractivity contribution in [2.24, 2.45) is 0 Å². The van der Waals surface area contributed by atoms with Gasteiger partial charge in [-0.25, -0.2) is 0 Å². The molecule has 0 spiro atoms. The van der Waals surface area contributed by atoms with Gasteiger partial charge in [-0.1, -0.05) is 32.0 Å². The zero-order valence-electron chi connectivity index (χ0n) is 10.8. The average Bonchev–Trinajstić information content (AvgIpc) is 2.66. The van der Waals surface area contributed by atoms with E-state index in [2.05, 4.69) is 19.9 Å². The van der Waals surface area contributed by atoms with Gasteiger partial charge >= 0.3 is 0 Å². The minimum absolute atomic E-state index is 0.00574. The predicted octanol–water partition coefficient (Wildman–Crippen LogP) is 4.46. The smallest absolute Gasteiger partial charge is 0.195 e. The van der Waals surface area contributed by atoms with Crippen molar-refractivity contribution >= 4 is 16.8 Å². The zero-order valence-corrected chi connectivity index (χ0v) is 10.8. The third kappa shape index (κ3) is 1.88. The maximum atomic E-state index is 11.5. The van der Waals surface area contributed by atoms with E-state index in [1.807, 2.05) is 19.1 Å². The summed E-state index contributed by atoms with van der Waals surface area (Å²) in [6.07, 6.45) is 1.06. The first-order chi connectivity index (χ1) is 8.06. The van der Waals surface area contributed by atoms with E-state index in [9.17, 15) is 4.79 Å². The van der Waals surface area contributed by atoms with Crippen LogP contribution in [0.1, 0.15) is 54.8 Å². The van der Waals surface area contributed by atoms with Crippen LogP contribution in [-0.2, 0) is 0 Å². The van der Waals surface area contributed by atoms with Gasteiger partial charge in [-0.2, -0.15) is 0 Å². The van der Waals surface area contributed by atoms with Gasteiger partial charge in [0, 0.05) is 17.9 Å².